The summed E-state index contributed by atoms with van der Waals surface area (Å²) in [6.45, 7) is 5.02. The summed E-state index contributed by atoms with van der Waals surface area (Å²) in [5.74, 6) is 0. The molecule has 96 valence electrons. The Kier molecular flexibility index (Phi) is 4.69. The Hall–Kier alpha value is -0.970. The van der Waals surface area contributed by atoms with Gasteiger partial charge in [0.25, 0.3) is 0 Å². The minimum absolute atomic E-state index is 0.175. The normalized spacial score (nSPS) is 12.6. The summed E-state index contributed by atoms with van der Waals surface area (Å²) in [6.07, 6.45) is 0.832. The molecule has 1 atom stereocenters. The van der Waals surface area contributed by atoms with Crippen LogP contribution < -0.4 is 5.32 Å². The largest absolute Gasteiger partial charge is 0.309 e. The SMILES string of the molecule is CCNC(Cc1ccc(C)cc1Cl)c1csnn1. The zero-order valence-corrected chi connectivity index (χ0v) is 12.1. The van der Waals surface area contributed by atoms with Crippen molar-refractivity contribution in [3.8, 4) is 0 Å². The van der Waals surface area contributed by atoms with Gasteiger partial charge in [0.1, 0.15) is 0 Å². The van der Waals surface area contributed by atoms with Crippen LogP contribution in [0.1, 0.15) is 29.8 Å². The van der Waals surface area contributed by atoms with Gasteiger partial charge in [0.2, 0.25) is 0 Å². The first kappa shape index (κ1) is 13.5. The fourth-order valence-electron chi connectivity index (χ4n) is 1.89. The third-order valence-corrected chi connectivity index (χ3v) is 3.69. The van der Waals surface area contributed by atoms with E-state index in [0.717, 1.165) is 29.2 Å². The van der Waals surface area contributed by atoms with E-state index in [1.165, 1.54) is 17.1 Å². The number of halogens is 1. The van der Waals surface area contributed by atoms with Crippen LogP contribution >= 0.6 is 23.1 Å². The van der Waals surface area contributed by atoms with Gasteiger partial charge in [-0.05, 0) is 48.6 Å². The molecule has 0 saturated carbocycles. The summed E-state index contributed by atoms with van der Waals surface area (Å²) < 4.78 is 3.92. The molecule has 1 unspecified atom stereocenters. The standard InChI is InChI=1S/C13H16ClN3S/c1-3-15-12(13-8-18-17-16-13)7-10-5-4-9(2)6-11(10)14/h4-6,8,12,15H,3,7H2,1-2H3. The predicted octanol–water partition coefficient (Wildman–Crippen LogP) is 3.39. The van der Waals surface area contributed by atoms with Gasteiger partial charge < -0.3 is 5.32 Å². The van der Waals surface area contributed by atoms with Gasteiger partial charge in [0.15, 0.2) is 0 Å². The van der Waals surface area contributed by atoms with E-state index in [0.29, 0.717) is 0 Å². The van der Waals surface area contributed by atoms with Crippen LogP contribution in [0.15, 0.2) is 23.6 Å². The van der Waals surface area contributed by atoms with Crippen LogP contribution in [0.3, 0.4) is 0 Å². The maximum Gasteiger partial charge on any atom is 0.0928 e. The lowest BCUT2D eigenvalue weighted by molar-refractivity contribution is 0.535. The highest BCUT2D eigenvalue weighted by Crippen LogP contribution is 2.24. The molecule has 0 bridgehead atoms. The molecular formula is C13H16ClN3S. The highest BCUT2D eigenvalue weighted by atomic mass is 35.5. The fourth-order valence-corrected chi connectivity index (χ4v) is 2.71. The minimum Gasteiger partial charge on any atom is -0.309 e. The third-order valence-electron chi connectivity index (χ3n) is 2.82. The van der Waals surface area contributed by atoms with Crippen molar-refractivity contribution < 1.29 is 0 Å². The number of nitrogens with one attached hydrogen (secondary N) is 1. The van der Waals surface area contributed by atoms with Gasteiger partial charge in [-0.3, -0.25) is 0 Å². The van der Waals surface area contributed by atoms with Crippen LogP contribution in [0.25, 0.3) is 0 Å². The Morgan fingerprint density at radius 1 is 1.44 bits per heavy atom. The molecule has 0 fully saturated rings. The Labute approximate surface area is 116 Å². The van der Waals surface area contributed by atoms with E-state index >= 15 is 0 Å². The van der Waals surface area contributed by atoms with Crippen molar-refractivity contribution >= 4 is 23.1 Å². The maximum absolute atomic E-state index is 6.27. The van der Waals surface area contributed by atoms with E-state index in [-0.39, 0.29) is 6.04 Å². The molecule has 1 heterocycles. The van der Waals surface area contributed by atoms with E-state index in [9.17, 15) is 0 Å². The second-order valence-electron chi connectivity index (χ2n) is 4.24. The highest BCUT2D eigenvalue weighted by molar-refractivity contribution is 7.03. The number of benzene rings is 1. The molecule has 0 aliphatic rings. The molecule has 0 spiro atoms. The lowest BCUT2D eigenvalue weighted by atomic mass is 10.0. The van der Waals surface area contributed by atoms with Crippen molar-refractivity contribution in [3.63, 3.8) is 0 Å². The minimum atomic E-state index is 0.175. The predicted molar refractivity (Wildman–Crippen MR) is 76.2 cm³/mol. The number of nitrogens with zero attached hydrogens (tertiary/aromatic N) is 2. The second-order valence-corrected chi connectivity index (χ2v) is 5.26. The van der Waals surface area contributed by atoms with Crippen molar-refractivity contribution in [1.29, 1.82) is 0 Å². The Morgan fingerprint density at radius 3 is 2.89 bits per heavy atom. The lowest BCUT2D eigenvalue weighted by Crippen LogP contribution is -2.23. The molecule has 0 amide bonds. The van der Waals surface area contributed by atoms with Crippen LogP contribution in [0.5, 0.6) is 0 Å². The highest BCUT2D eigenvalue weighted by Gasteiger charge is 2.15. The first-order valence-electron chi connectivity index (χ1n) is 5.96. The molecule has 5 heteroatoms. The number of rotatable bonds is 5. The molecule has 1 N–H and O–H groups in total. The number of likely N-dealkylation sites (N-methyl/N-ethyl adjacent to an activating group) is 1. The topological polar surface area (TPSA) is 37.8 Å². The molecule has 18 heavy (non-hydrogen) atoms. The molecule has 0 aliphatic heterocycles. The Balaban J connectivity index is 2.18. The smallest absolute Gasteiger partial charge is 0.0928 e. The zero-order chi connectivity index (χ0) is 13.0. The van der Waals surface area contributed by atoms with Crippen molar-refractivity contribution in [3.05, 3.63) is 45.4 Å². The summed E-state index contributed by atoms with van der Waals surface area (Å²) in [6, 6.07) is 6.35. The average molecular weight is 282 g/mol. The van der Waals surface area contributed by atoms with Crippen LogP contribution in [-0.2, 0) is 6.42 Å². The van der Waals surface area contributed by atoms with Gasteiger partial charge in [0.05, 0.1) is 11.7 Å². The van der Waals surface area contributed by atoms with Gasteiger partial charge in [0, 0.05) is 10.4 Å². The Bertz CT molecular complexity index is 499. The van der Waals surface area contributed by atoms with Crippen LogP contribution in [0.2, 0.25) is 5.02 Å². The first-order chi connectivity index (χ1) is 8.70. The van der Waals surface area contributed by atoms with Crippen molar-refractivity contribution in [1.82, 2.24) is 14.9 Å². The molecular weight excluding hydrogens is 266 g/mol. The molecule has 2 rings (SSSR count). The third kappa shape index (κ3) is 3.28. The van der Waals surface area contributed by atoms with Gasteiger partial charge in [-0.15, -0.1) is 5.10 Å². The summed E-state index contributed by atoms with van der Waals surface area (Å²) in [5.41, 5.74) is 3.30. The average Bonchev–Trinajstić information content (AvgIpc) is 2.85. The van der Waals surface area contributed by atoms with Crippen LogP contribution in [0, 0.1) is 6.92 Å². The maximum atomic E-state index is 6.27. The first-order valence-corrected chi connectivity index (χ1v) is 7.17. The van der Waals surface area contributed by atoms with Gasteiger partial charge in [-0.25, -0.2) is 0 Å². The summed E-state index contributed by atoms with van der Waals surface area (Å²) in [7, 11) is 0. The van der Waals surface area contributed by atoms with Crippen molar-refractivity contribution in [2.24, 2.45) is 0 Å². The summed E-state index contributed by atoms with van der Waals surface area (Å²) in [4.78, 5) is 0. The Morgan fingerprint density at radius 2 is 2.28 bits per heavy atom. The van der Waals surface area contributed by atoms with Crippen LogP contribution in [0.4, 0.5) is 0 Å². The van der Waals surface area contributed by atoms with Gasteiger partial charge >= 0.3 is 0 Å². The van der Waals surface area contributed by atoms with E-state index < -0.39 is 0 Å². The van der Waals surface area contributed by atoms with Gasteiger partial charge in [-0.2, -0.15) is 0 Å². The molecule has 2 aromatic rings. The van der Waals surface area contributed by atoms with E-state index in [1.54, 1.807) is 0 Å². The monoisotopic (exact) mass is 281 g/mol. The van der Waals surface area contributed by atoms with Gasteiger partial charge in [-0.1, -0.05) is 35.1 Å². The summed E-state index contributed by atoms with van der Waals surface area (Å²) >= 11 is 7.65. The van der Waals surface area contributed by atoms with E-state index in [1.807, 2.05) is 18.4 Å². The molecule has 3 nitrogen and oxygen atoms in total. The number of aromatic nitrogens is 2. The summed E-state index contributed by atoms with van der Waals surface area (Å²) in [5, 5.41) is 10.4. The zero-order valence-electron chi connectivity index (χ0n) is 10.5. The number of aryl methyl sites for hydroxylation is 1. The molecule has 1 aromatic heterocycles. The fraction of sp³-hybridized carbons (Fsp3) is 0.385. The number of hydrogen-bond acceptors (Lipinski definition) is 4. The molecule has 0 saturated heterocycles. The second kappa shape index (κ2) is 6.27. The quantitative estimate of drug-likeness (QED) is 0.913. The van der Waals surface area contributed by atoms with Crippen LogP contribution in [-0.4, -0.2) is 16.1 Å². The van der Waals surface area contributed by atoms with Crippen molar-refractivity contribution in [2.45, 2.75) is 26.3 Å². The molecule has 1 aromatic carbocycles. The van der Waals surface area contributed by atoms with E-state index in [2.05, 4.69) is 34.0 Å². The number of hydrogen-bond donors (Lipinski definition) is 1. The van der Waals surface area contributed by atoms with Crippen molar-refractivity contribution in [2.75, 3.05) is 6.54 Å². The molecule has 0 radical (unpaired) electrons. The molecule has 0 aliphatic carbocycles. The lowest BCUT2D eigenvalue weighted by Gasteiger charge is -2.16. The van der Waals surface area contributed by atoms with E-state index in [4.69, 9.17) is 11.6 Å².